The van der Waals surface area contributed by atoms with E-state index in [1.54, 1.807) is 6.08 Å². The average Bonchev–Trinajstić information content (AvgIpc) is 2.78. The van der Waals surface area contributed by atoms with Crippen molar-refractivity contribution in [2.24, 2.45) is 5.92 Å². The molecule has 1 N–H and O–H groups in total. The van der Waals surface area contributed by atoms with E-state index in [0.717, 1.165) is 43.1 Å². The van der Waals surface area contributed by atoms with E-state index in [9.17, 15) is 9.59 Å². The molecule has 0 saturated carbocycles. The highest BCUT2D eigenvalue weighted by Crippen LogP contribution is 2.20. The predicted molar refractivity (Wildman–Crippen MR) is 128 cm³/mol. The van der Waals surface area contributed by atoms with Crippen LogP contribution in [-0.2, 0) is 9.59 Å². The first-order chi connectivity index (χ1) is 14.8. The van der Waals surface area contributed by atoms with Crippen molar-refractivity contribution in [2.75, 3.05) is 36.4 Å². The minimum absolute atomic E-state index is 0.0443. The number of carbonyl (C=O) groups excluding carboxylic acids is 2. The monoisotopic (exact) mass is 419 g/mol. The van der Waals surface area contributed by atoms with Crippen molar-refractivity contribution in [1.29, 1.82) is 0 Å². The van der Waals surface area contributed by atoms with Gasteiger partial charge in [0.1, 0.15) is 0 Å². The molecule has 1 heterocycles. The Morgan fingerprint density at radius 2 is 1.48 bits per heavy atom. The van der Waals surface area contributed by atoms with Crippen molar-refractivity contribution in [3.8, 4) is 0 Å². The first kappa shape index (κ1) is 22.6. The maximum Gasteiger partial charge on any atom is 0.248 e. The van der Waals surface area contributed by atoms with Crippen LogP contribution < -0.4 is 10.2 Å². The molecule has 0 aromatic heterocycles. The number of hydrogen-bond acceptors (Lipinski definition) is 3. The summed E-state index contributed by atoms with van der Waals surface area (Å²) in [4.78, 5) is 28.6. The topological polar surface area (TPSA) is 52.7 Å². The lowest BCUT2D eigenvalue weighted by molar-refractivity contribution is -0.134. The number of carbonyl (C=O) groups is 2. The molecule has 31 heavy (non-hydrogen) atoms. The Hall–Kier alpha value is -3.08. The summed E-state index contributed by atoms with van der Waals surface area (Å²) in [6.45, 7) is 11.4. The minimum atomic E-state index is -0.151. The first-order valence-electron chi connectivity index (χ1n) is 11.1. The molecular formula is C26H33N3O2. The Morgan fingerprint density at radius 1 is 0.871 bits per heavy atom. The molecule has 0 spiro atoms. The number of hydrogen-bond donors (Lipinski definition) is 1. The molecule has 0 aliphatic carbocycles. The SMILES string of the molecule is CC(C)C(=O)N1CCN(c2ccc(NC(=O)/C=C\c3ccc(C(C)C)cc3)cc2)CC1. The lowest BCUT2D eigenvalue weighted by Gasteiger charge is -2.37. The fourth-order valence-corrected chi connectivity index (χ4v) is 3.65. The Kier molecular flexibility index (Phi) is 7.50. The van der Waals surface area contributed by atoms with E-state index < -0.39 is 0 Å². The third-order valence-electron chi connectivity index (χ3n) is 5.62. The normalized spacial score (nSPS) is 14.5. The van der Waals surface area contributed by atoms with E-state index in [0.29, 0.717) is 5.92 Å². The summed E-state index contributed by atoms with van der Waals surface area (Å²) in [5.41, 5.74) is 4.16. The van der Waals surface area contributed by atoms with Gasteiger partial charge in [-0.1, -0.05) is 52.0 Å². The number of benzene rings is 2. The van der Waals surface area contributed by atoms with Gasteiger partial charge >= 0.3 is 0 Å². The van der Waals surface area contributed by atoms with E-state index >= 15 is 0 Å². The fraction of sp³-hybridized carbons (Fsp3) is 0.385. The highest BCUT2D eigenvalue weighted by atomic mass is 16.2. The van der Waals surface area contributed by atoms with Crippen LogP contribution in [-0.4, -0.2) is 42.9 Å². The second-order valence-electron chi connectivity index (χ2n) is 8.66. The molecule has 5 heteroatoms. The van der Waals surface area contributed by atoms with Crippen molar-refractivity contribution in [1.82, 2.24) is 4.90 Å². The number of nitrogens with one attached hydrogen (secondary N) is 1. The van der Waals surface area contributed by atoms with E-state index in [-0.39, 0.29) is 17.7 Å². The van der Waals surface area contributed by atoms with Crippen LogP contribution in [0.1, 0.15) is 44.7 Å². The highest BCUT2D eigenvalue weighted by Gasteiger charge is 2.22. The molecule has 0 radical (unpaired) electrons. The van der Waals surface area contributed by atoms with Gasteiger partial charge in [0.2, 0.25) is 11.8 Å². The van der Waals surface area contributed by atoms with Crippen LogP contribution >= 0.6 is 0 Å². The largest absolute Gasteiger partial charge is 0.368 e. The third kappa shape index (κ3) is 6.20. The average molecular weight is 420 g/mol. The summed E-state index contributed by atoms with van der Waals surface area (Å²) in [6, 6.07) is 16.1. The molecule has 0 atom stereocenters. The van der Waals surface area contributed by atoms with Crippen molar-refractivity contribution < 1.29 is 9.59 Å². The third-order valence-corrected chi connectivity index (χ3v) is 5.62. The summed E-state index contributed by atoms with van der Waals surface area (Å²) < 4.78 is 0. The summed E-state index contributed by atoms with van der Waals surface area (Å²) in [6.07, 6.45) is 3.38. The zero-order valence-electron chi connectivity index (χ0n) is 19.0. The number of rotatable bonds is 6. The van der Waals surface area contributed by atoms with Crippen LogP contribution in [0.3, 0.4) is 0 Å². The van der Waals surface area contributed by atoms with Gasteiger partial charge in [0.15, 0.2) is 0 Å². The Morgan fingerprint density at radius 3 is 2.03 bits per heavy atom. The fourth-order valence-electron chi connectivity index (χ4n) is 3.65. The summed E-state index contributed by atoms with van der Waals surface area (Å²) >= 11 is 0. The van der Waals surface area contributed by atoms with Crippen LogP contribution in [0.25, 0.3) is 6.08 Å². The summed E-state index contributed by atoms with van der Waals surface area (Å²) in [5, 5.41) is 2.91. The van der Waals surface area contributed by atoms with Gasteiger partial charge < -0.3 is 15.1 Å². The van der Waals surface area contributed by atoms with Crippen LogP contribution in [0.2, 0.25) is 0 Å². The Bertz CT molecular complexity index is 907. The van der Waals surface area contributed by atoms with Gasteiger partial charge in [-0.25, -0.2) is 0 Å². The highest BCUT2D eigenvalue weighted by molar-refractivity contribution is 6.02. The second-order valence-corrected chi connectivity index (χ2v) is 8.66. The van der Waals surface area contributed by atoms with Crippen molar-refractivity contribution in [3.05, 3.63) is 65.7 Å². The van der Waals surface area contributed by atoms with Crippen LogP contribution in [0.15, 0.2) is 54.6 Å². The van der Waals surface area contributed by atoms with Gasteiger partial charge in [-0.05, 0) is 47.4 Å². The van der Waals surface area contributed by atoms with E-state index in [2.05, 4.69) is 36.2 Å². The molecule has 1 aliphatic rings. The van der Waals surface area contributed by atoms with Gasteiger partial charge in [0.25, 0.3) is 0 Å². The standard InChI is InChI=1S/C26H33N3O2/c1-19(2)22-8-5-21(6-9-22)7-14-25(30)27-23-10-12-24(13-11-23)28-15-17-29(18-16-28)26(31)20(3)4/h5-14,19-20H,15-18H2,1-4H3,(H,27,30)/b14-7-. The van der Waals surface area contributed by atoms with Gasteiger partial charge in [0, 0.05) is 49.5 Å². The molecule has 0 bridgehead atoms. The number of anilines is 2. The van der Waals surface area contributed by atoms with Crippen LogP contribution in [0.4, 0.5) is 11.4 Å². The van der Waals surface area contributed by atoms with Crippen LogP contribution in [0.5, 0.6) is 0 Å². The molecule has 164 valence electrons. The molecule has 3 rings (SSSR count). The molecule has 1 fully saturated rings. The summed E-state index contributed by atoms with van der Waals surface area (Å²) in [5.74, 6) is 0.613. The molecule has 2 aromatic rings. The quantitative estimate of drug-likeness (QED) is 0.687. The van der Waals surface area contributed by atoms with Gasteiger partial charge in [-0.2, -0.15) is 0 Å². The van der Waals surface area contributed by atoms with Gasteiger partial charge in [0.05, 0.1) is 0 Å². The Balaban J connectivity index is 1.51. The lowest BCUT2D eigenvalue weighted by Crippen LogP contribution is -2.49. The molecule has 1 aliphatic heterocycles. The predicted octanol–water partition coefficient (Wildman–Crippen LogP) is 4.77. The minimum Gasteiger partial charge on any atom is -0.368 e. The number of nitrogens with zero attached hydrogens (tertiary/aromatic N) is 2. The number of amides is 2. The first-order valence-corrected chi connectivity index (χ1v) is 11.1. The lowest BCUT2D eigenvalue weighted by atomic mass is 10.0. The molecule has 5 nitrogen and oxygen atoms in total. The van der Waals surface area contributed by atoms with E-state index in [1.165, 1.54) is 5.56 Å². The van der Waals surface area contributed by atoms with E-state index in [1.807, 2.05) is 61.2 Å². The maximum atomic E-state index is 12.3. The van der Waals surface area contributed by atoms with Crippen molar-refractivity contribution in [3.63, 3.8) is 0 Å². The van der Waals surface area contributed by atoms with E-state index in [4.69, 9.17) is 0 Å². The van der Waals surface area contributed by atoms with Crippen molar-refractivity contribution >= 4 is 29.3 Å². The zero-order chi connectivity index (χ0) is 22.4. The van der Waals surface area contributed by atoms with Crippen LogP contribution in [0, 0.1) is 5.92 Å². The molecule has 2 aromatic carbocycles. The second kappa shape index (κ2) is 10.3. The van der Waals surface area contributed by atoms with Crippen molar-refractivity contribution in [2.45, 2.75) is 33.6 Å². The Labute approximate surface area is 185 Å². The molecule has 0 unspecified atom stereocenters. The van der Waals surface area contributed by atoms with Gasteiger partial charge in [-0.15, -0.1) is 0 Å². The number of piperazine rings is 1. The molecular weight excluding hydrogens is 386 g/mol. The maximum absolute atomic E-state index is 12.3. The van der Waals surface area contributed by atoms with Gasteiger partial charge in [-0.3, -0.25) is 9.59 Å². The smallest absolute Gasteiger partial charge is 0.248 e. The molecule has 2 amide bonds. The zero-order valence-corrected chi connectivity index (χ0v) is 19.0. The summed E-state index contributed by atoms with van der Waals surface area (Å²) in [7, 11) is 0. The molecule has 1 saturated heterocycles.